The average molecular weight is 334 g/mol. The minimum Gasteiger partial charge on any atom is -0.497 e. The number of para-hydroxylation sites is 1. The molecule has 20 heavy (non-hydrogen) atoms. The van der Waals surface area contributed by atoms with Crippen LogP contribution in [0, 0.1) is 0 Å². The fourth-order valence-electron chi connectivity index (χ4n) is 1.95. The van der Waals surface area contributed by atoms with Crippen LogP contribution in [0.5, 0.6) is 5.75 Å². The number of amides is 1. The molecule has 0 saturated carbocycles. The van der Waals surface area contributed by atoms with Gasteiger partial charge in [-0.05, 0) is 45.8 Å². The number of benzene rings is 2. The molecule has 0 heterocycles. The Morgan fingerprint density at radius 1 is 1.15 bits per heavy atom. The number of halogens is 1. The Labute approximate surface area is 127 Å². The van der Waals surface area contributed by atoms with Crippen molar-refractivity contribution in [3.63, 3.8) is 0 Å². The molecule has 1 amide bonds. The molecule has 4 heteroatoms. The zero-order chi connectivity index (χ0) is 14.5. The molecule has 0 radical (unpaired) electrons. The van der Waals surface area contributed by atoms with Gasteiger partial charge in [-0.15, -0.1) is 0 Å². The van der Waals surface area contributed by atoms with Crippen molar-refractivity contribution in [3.8, 4) is 5.75 Å². The fraction of sp³-hybridized carbons (Fsp3) is 0.188. The Balaban J connectivity index is 2.26. The van der Waals surface area contributed by atoms with E-state index in [1.165, 1.54) is 0 Å². The SMILES string of the molecule is COc1ccc(CN(C(C)=O)c2ccccc2Br)cc1. The van der Waals surface area contributed by atoms with Gasteiger partial charge < -0.3 is 9.64 Å². The second-order valence-corrected chi connectivity index (χ2v) is 5.26. The van der Waals surface area contributed by atoms with E-state index >= 15 is 0 Å². The Morgan fingerprint density at radius 2 is 1.80 bits per heavy atom. The van der Waals surface area contributed by atoms with Gasteiger partial charge in [0.2, 0.25) is 5.91 Å². The number of ether oxygens (including phenoxy) is 1. The molecule has 0 atom stereocenters. The number of hydrogen-bond acceptors (Lipinski definition) is 2. The molecule has 3 nitrogen and oxygen atoms in total. The van der Waals surface area contributed by atoms with Crippen molar-refractivity contribution in [2.45, 2.75) is 13.5 Å². The molecule has 0 aliphatic carbocycles. The zero-order valence-corrected chi connectivity index (χ0v) is 13.1. The van der Waals surface area contributed by atoms with Crippen LogP contribution in [0.1, 0.15) is 12.5 Å². The van der Waals surface area contributed by atoms with Crippen LogP contribution in [0.15, 0.2) is 53.0 Å². The second kappa shape index (κ2) is 6.57. The van der Waals surface area contributed by atoms with Crippen molar-refractivity contribution in [1.29, 1.82) is 0 Å². The molecule has 104 valence electrons. The van der Waals surface area contributed by atoms with Crippen molar-refractivity contribution in [3.05, 3.63) is 58.6 Å². The lowest BCUT2D eigenvalue weighted by molar-refractivity contribution is -0.116. The van der Waals surface area contributed by atoms with E-state index in [0.717, 1.165) is 21.5 Å². The summed E-state index contributed by atoms with van der Waals surface area (Å²) in [5, 5.41) is 0. The number of anilines is 1. The molecule has 0 saturated heterocycles. The monoisotopic (exact) mass is 333 g/mol. The van der Waals surface area contributed by atoms with Crippen molar-refractivity contribution < 1.29 is 9.53 Å². The molecule has 0 spiro atoms. The Morgan fingerprint density at radius 3 is 2.35 bits per heavy atom. The predicted octanol–water partition coefficient (Wildman–Crippen LogP) is 4.01. The average Bonchev–Trinajstić information content (AvgIpc) is 2.46. The van der Waals surface area contributed by atoms with Crippen molar-refractivity contribution >= 4 is 27.5 Å². The standard InChI is InChI=1S/C16H16BrNO2/c1-12(19)18(16-6-4-3-5-15(16)17)11-13-7-9-14(20-2)10-8-13/h3-10H,11H2,1-2H3. The summed E-state index contributed by atoms with van der Waals surface area (Å²) in [4.78, 5) is 13.6. The van der Waals surface area contributed by atoms with Gasteiger partial charge in [-0.1, -0.05) is 24.3 Å². The van der Waals surface area contributed by atoms with Gasteiger partial charge in [0.05, 0.1) is 19.3 Å². The minimum absolute atomic E-state index is 0.00715. The quantitative estimate of drug-likeness (QED) is 0.845. The van der Waals surface area contributed by atoms with Crippen LogP contribution in [0.2, 0.25) is 0 Å². The first-order valence-corrected chi connectivity index (χ1v) is 7.06. The highest BCUT2D eigenvalue weighted by molar-refractivity contribution is 9.10. The summed E-state index contributed by atoms with van der Waals surface area (Å²) in [6.45, 7) is 2.10. The number of methoxy groups -OCH3 is 1. The Bertz CT molecular complexity index is 596. The fourth-order valence-corrected chi connectivity index (χ4v) is 2.45. The number of nitrogens with zero attached hydrogens (tertiary/aromatic N) is 1. The lowest BCUT2D eigenvalue weighted by atomic mass is 10.2. The van der Waals surface area contributed by atoms with E-state index in [1.807, 2.05) is 48.5 Å². The minimum atomic E-state index is 0.00715. The van der Waals surface area contributed by atoms with Crippen LogP contribution in [0.25, 0.3) is 0 Å². The normalized spacial score (nSPS) is 10.2. The summed E-state index contributed by atoms with van der Waals surface area (Å²) in [5.74, 6) is 0.816. The summed E-state index contributed by atoms with van der Waals surface area (Å²) in [5.41, 5.74) is 1.92. The molecule has 0 N–H and O–H groups in total. The lowest BCUT2D eigenvalue weighted by Gasteiger charge is -2.22. The summed E-state index contributed by atoms with van der Waals surface area (Å²) in [6.07, 6.45) is 0. The number of carbonyl (C=O) groups excluding carboxylic acids is 1. The van der Waals surface area contributed by atoms with Gasteiger partial charge in [0.25, 0.3) is 0 Å². The van der Waals surface area contributed by atoms with Crippen LogP contribution in [-0.4, -0.2) is 13.0 Å². The molecular formula is C16H16BrNO2. The maximum atomic E-state index is 11.9. The first-order chi connectivity index (χ1) is 9.61. The summed E-state index contributed by atoms with van der Waals surface area (Å²) < 4.78 is 6.04. The van der Waals surface area contributed by atoms with Crippen molar-refractivity contribution in [2.24, 2.45) is 0 Å². The zero-order valence-electron chi connectivity index (χ0n) is 11.5. The van der Waals surface area contributed by atoms with Crippen molar-refractivity contribution in [2.75, 3.05) is 12.0 Å². The van der Waals surface area contributed by atoms with Crippen LogP contribution >= 0.6 is 15.9 Å². The van der Waals surface area contributed by atoms with E-state index in [1.54, 1.807) is 18.9 Å². The topological polar surface area (TPSA) is 29.5 Å². The molecule has 0 aliphatic rings. The first kappa shape index (κ1) is 14.6. The van der Waals surface area contributed by atoms with Gasteiger partial charge >= 0.3 is 0 Å². The third kappa shape index (κ3) is 3.39. The van der Waals surface area contributed by atoms with E-state index in [9.17, 15) is 4.79 Å². The molecule has 0 aromatic heterocycles. The molecule has 0 bridgehead atoms. The third-order valence-electron chi connectivity index (χ3n) is 3.02. The summed E-state index contributed by atoms with van der Waals surface area (Å²) in [6, 6.07) is 15.4. The lowest BCUT2D eigenvalue weighted by Crippen LogP contribution is -2.28. The molecule has 0 aliphatic heterocycles. The van der Waals surface area contributed by atoms with Gasteiger partial charge in [0.1, 0.15) is 5.75 Å². The molecule has 2 aromatic rings. The number of carbonyl (C=O) groups is 1. The highest BCUT2D eigenvalue weighted by Gasteiger charge is 2.14. The van der Waals surface area contributed by atoms with Gasteiger partial charge in [-0.2, -0.15) is 0 Å². The maximum Gasteiger partial charge on any atom is 0.224 e. The third-order valence-corrected chi connectivity index (χ3v) is 3.69. The molecule has 2 aromatic carbocycles. The summed E-state index contributed by atoms with van der Waals surface area (Å²) >= 11 is 3.49. The first-order valence-electron chi connectivity index (χ1n) is 6.27. The van der Waals surface area contributed by atoms with Crippen LogP contribution in [0.4, 0.5) is 5.69 Å². The van der Waals surface area contributed by atoms with Crippen LogP contribution < -0.4 is 9.64 Å². The largest absolute Gasteiger partial charge is 0.497 e. The van der Waals surface area contributed by atoms with E-state index in [4.69, 9.17) is 4.74 Å². The van der Waals surface area contributed by atoms with Gasteiger partial charge in [-0.25, -0.2) is 0 Å². The van der Waals surface area contributed by atoms with Gasteiger partial charge in [0.15, 0.2) is 0 Å². The number of rotatable bonds is 4. The van der Waals surface area contributed by atoms with Crippen LogP contribution in [0.3, 0.4) is 0 Å². The van der Waals surface area contributed by atoms with E-state index in [0.29, 0.717) is 6.54 Å². The van der Waals surface area contributed by atoms with Crippen LogP contribution in [-0.2, 0) is 11.3 Å². The molecule has 2 rings (SSSR count). The van der Waals surface area contributed by atoms with E-state index in [-0.39, 0.29) is 5.91 Å². The molecule has 0 unspecified atom stereocenters. The highest BCUT2D eigenvalue weighted by Crippen LogP contribution is 2.27. The Kier molecular flexibility index (Phi) is 4.79. The van der Waals surface area contributed by atoms with Crippen molar-refractivity contribution in [1.82, 2.24) is 0 Å². The molecular weight excluding hydrogens is 318 g/mol. The van der Waals surface area contributed by atoms with Gasteiger partial charge in [-0.3, -0.25) is 4.79 Å². The smallest absolute Gasteiger partial charge is 0.224 e. The summed E-state index contributed by atoms with van der Waals surface area (Å²) in [7, 11) is 1.64. The van der Waals surface area contributed by atoms with E-state index in [2.05, 4.69) is 15.9 Å². The highest BCUT2D eigenvalue weighted by atomic mass is 79.9. The number of hydrogen-bond donors (Lipinski definition) is 0. The molecule has 0 fully saturated rings. The predicted molar refractivity (Wildman–Crippen MR) is 84.0 cm³/mol. The maximum absolute atomic E-state index is 11.9. The second-order valence-electron chi connectivity index (χ2n) is 4.40. The van der Waals surface area contributed by atoms with E-state index < -0.39 is 0 Å². The van der Waals surface area contributed by atoms with Gasteiger partial charge in [0, 0.05) is 11.4 Å². The Hall–Kier alpha value is -1.81.